The van der Waals surface area contributed by atoms with Gasteiger partial charge in [-0.15, -0.1) is 0 Å². The Morgan fingerprint density at radius 2 is 2.00 bits per heavy atom. The van der Waals surface area contributed by atoms with Crippen LogP contribution in [0.4, 0.5) is 0 Å². The van der Waals surface area contributed by atoms with Crippen LogP contribution in [-0.2, 0) is 9.53 Å². The molecule has 1 aliphatic rings. The Labute approximate surface area is 74.6 Å². The topological polar surface area (TPSA) is 64.3 Å². The molecule has 0 aromatic rings. The van der Waals surface area contributed by atoms with Crippen molar-refractivity contribution in [2.24, 2.45) is 5.73 Å². The van der Waals surface area contributed by atoms with Crippen LogP contribution in [0.5, 0.6) is 0 Å². The van der Waals surface area contributed by atoms with Crippen LogP contribution in [-0.4, -0.2) is 37.5 Å². The van der Waals surface area contributed by atoms with E-state index in [1.165, 1.54) is 0 Å². The predicted molar refractivity (Wildman–Crippen MR) is 46.7 cm³/mol. The molecule has 0 saturated carbocycles. The Hall–Kier alpha value is -0.130. The quantitative estimate of drug-likeness (QED) is 0.590. The molecule has 0 unspecified atom stereocenters. The van der Waals surface area contributed by atoms with Crippen LogP contribution in [0.15, 0.2) is 0 Å². The fraction of sp³-hybridized carbons (Fsp3) is 0.833. The van der Waals surface area contributed by atoms with Gasteiger partial charge in [0, 0.05) is 13.1 Å². The van der Waals surface area contributed by atoms with Crippen molar-refractivity contribution in [2.45, 2.75) is 0 Å². The van der Waals surface area contributed by atoms with Gasteiger partial charge in [0.2, 0.25) is 5.91 Å². The van der Waals surface area contributed by atoms with Gasteiger partial charge in [-0.1, -0.05) is 15.9 Å². The Kier molecular flexibility index (Phi) is 7.88. The monoisotopic (exact) mass is 224 g/mol. The van der Waals surface area contributed by atoms with Gasteiger partial charge < -0.3 is 15.8 Å². The number of hydrogen-bond acceptors (Lipinski definition) is 3. The summed E-state index contributed by atoms with van der Waals surface area (Å²) in [6.45, 7) is 3.83. The number of ether oxygens (including phenoxy) is 1. The zero-order chi connectivity index (χ0) is 8.53. The molecule has 0 atom stereocenters. The van der Waals surface area contributed by atoms with E-state index in [2.05, 4.69) is 27.0 Å². The molecular weight excluding hydrogens is 212 g/mol. The Balaban J connectivity index is 0.000000187. The van der Waals surface area contributed by atoms with Crippen LogP contribution >= 0.6 is 15.9 Å². The van der Waals surface area contributed by atoms with Gasteiger partial charge >= 0.3 is 0 Å². The summed E-state index contributed by atoms with van der Waals surface area (Å²) >= 11 is 2.84. The fourth-order valence-corrected chi connectivity index (χ4v) is 0.516. The molecule has 0 spiro atoms. The molecule has 1 aliphatic heterocycles. The van der Waals surface area contributed by atoms with E-state index in [1.807, 2.05) is 0 Å². The van der Waals surface area contributed by atoms with Gasteiger partial charge in [0.15, 0.2) is 0 Å². The van der Waals surface area contributed by atoms with Gasteiger partial charge in [-0.05, 0) is 0 Å². The first kappa shape index (κ1) is 10.9. The Bertz CT molecular complexity index is 95.2. The van der Waals surface area contributed by atoms with Crippen LogP contribution in [0.3, 0.4) is 0 Å². The van der Waals surface area contributed by atoms with E-state index < -0.39 is 0 Å². The maximum Gasteiger partial charge on any atom is 0.228 e. The Morgan fingerprint density at radius 1 is 1.55 bits per heavy atom. The number of morpholine rings is 1. The molecule has 4 nitrogen and oxygen atoms in total. The third kappa shape index (κ3) is 9.87. The van der Waals surface area contributed by atoms with Gasteiger partial charge in [0.1, 0.15) is 0 Å². The van der Waals surface area contributed by atoms with Crippen molar-refractivity contribution in [2.75, 3.05) is 31.6 Å². The average Bonchev–Trinajstić information content (AvgIpc) is 2.09. The Morgan fingerprint density at radius 3 is 2.09 bits per heavy atom. The van der Waals surface area contributed by atoms with Crippen LogP contribution < -0.4 is 11.1 Å². The molecule has 3 N–H and O–H groups in total. The number of rotatable bonds is 1. The number of hydrogen-bond donors (Lipinski definition) is 2. The molecule has 0 bridgehead atoms. The van der Waals surface area contributed by atoms with Gasteiger partial charge in [0.05, 0.1) is 18.5 Å². The number of carbonyl (C=O) groups excluding carboxylic acids is 1. The summed E-state index contributed by atoms with van der Waals surface area (Å²) in [7, 11) is 0. The highest BCUT2D eigenvalue weighted by Gasteiger charge is 1.92. The largest absolute Gasteiger partial charge is 0.379 e. The first-order chi connectivity index (χ1) is 5.27. The summed E-state index contributed by atoms with van der Waals surface area (Å²) in [5.41, 5.74) is 4.61. The smallest absolute Gasteiger partial charge is 0.228 e. The molecule has 0 radical (unpaired) electrons. The summed E-state index contributed by atoms with van der Waals surface area (Å²) in [5.74, 6) is -0.329. The van der Waals surface area contributed by atoms with Crippen molar-refractivity contribution in [3.05, 3.63) is 0 Å². The second-order valence-electron chi connectivity index (χ2n) is 1.96. The highest BCUT2D eigenvalue weighted by atomic mass is 79.9. The zero-order valence-electron chi connectivity index (χ0n) is 6.31. The maximum absolute atomic E-state index is 9.54. The third-order valence-corrected chi connectivity index (χ3v) is 1.53. The predicted octanol–water partition coefficient (Wildman–Crippen LogP) is -0.527. The van der Waals surface area contributed by atoms with Crippen molar-refractivity contribution in [1.82, 2.24) is 5.32 Å². The van der Waals surface area contributed by atoms with E-state index in [1.54, 1.807) is 0 Å². The van der Waals surface area contributed by atoms with E-state index in [-0.39, 0.29) is 11.2 Å². The summed E-state index contributed by atoms with van der Waals surface area (Å²) in [5, 5.41) is 3.42. The van der Waals surface area contributed by atoms with Gasteiger partial charge in [-0.2, -0.15) is 0 Å². The minimum atomic E-state index is -0.329. The molecule has 0 aliphatic carbocycles. The summed E-state index contributed by atoms with van der Waals surface area (Å²) < 4.78 is 5.01. The van der Waals surface area contributed by atoms with E-state index in [4.69, 9.17) is 4.74 Å². The molecule has 1 heterocycles. The molecule has 1 amide bonds. The summed E-state index contributed by atoms with van der Waals surface area (Å²) in [6.07, 6.45) is 0. The second-order valence-corrected chi connectivity index (χ2v) is 2.52. The first-order valence-electron chi connectivity index (χ1n) is 3.40. The minimum absolute atomic E-state index is 0.257. The van der Waals surface area contributed by atoms with Crippen molar-refractivity contribution in [1.29, 1.82) is 0 Å². The normalized spacial score (nSPS) is 16.5. The minimum Gasteiger partial charge on any atom is -0.379 e. The number of primary amides is 1. The lowest BCUT2D eigenvalue weighted by atomic mass is 10.5. The number of halogens is 1. The van der Waals surface area contributed by atoms with Crippen molar-refractivity contribution in [3.8, 4) is 0 Å². The molecule has 1 rings (SSSR count). The molecule has 11 heavy (non-hydrogen) atoms. The lowest BCUT2D eigenvalue weighted by Gasteiger charge is -2.10. The van der Waals surface area contributed by atoms with Gasteiger partial charge in [0.25, 0.3) is 0 Å². The van der Waals surface area contributed by atoms with Crippen molar-refractivity contribution < 1.29 is 9.53 Å². The van der Waals surface area contributed by atoms with Gasteiger partial charge in [-0.25, -0.2) is 0 Å². The van der Waals surface area contributed by atoms with E-state index in [0.29, 0.717) is 0 Å². The highest BCUT2D eigenvalue weighted by molar-refractivity contribution is 9.09. The molecule has 66 valence electrons. The summed E-state index contributed by atoms with van der Waals surface area (Å²) in [4.78, 5) is 9.54. The standard InChI is InChI=1S/C4H9NO.C2H4BrNO/c1-3-6-4-2-5-1;3-1-2(4)5/h5H,1-4H2;1H2,(H2,4,5). The average molecular weight is 225 g/mol. The number of carbonyl (C=O) groups is 1. The number of amides is 1. The molecule has 1 fully saturated rings. The zero-order valence-corrected chi connectivity index (χ0v) is 7.89. The molecule has 5 heteroatoms. The van der Waals surface area contributed by atoms with Crippen LogP contribution in [0.1, 0.15) is 0 Å². The first-order valence-corrected chi connectivity index (χ1v) is 4.52. The lowest BCUT2D eigenvalue weighted by Crippen LogP contribution is -2.30. The van der Waals surface area contributed by atoms with Crippen molar-refractivity contribution >= 4 is 21.8 Å². The SMILES string of the molecule is C1COCCN1.NC(=O)CBr. The highest BCUT2D eigenvalue weighted by Crippen LogP contribution is 1.76. The maximum atomic E-state index is 9.54. The van der Waals surface area contributed by atoms with Gasteiger partial charge in [-0.3, -0.25) is 4.79 Å². The van der Waals surface area contributed by atoms with E-state index in [9.17, 15) is 4.79 Å². The molecule has 0 aromatic carbocycles. The third-order valence-electron chi connectivity index (χ3n) is 0.978. The number of nitrogens with two attached hydrogens (primary N) is 1. The van der Waals surface area contributed by atoms with E-state index >= 15 is 0 Å². The lowest BCUT2D eigenvalue weighted by molar-refractivity contribution is -0.115. The molecular formula is C6H13BrN2O2. The van der Waals surface area contributed by atoms with Crippen LogP contribution in [0.25, 0.3) is 0 Å². The molecule has 1 saturated heterocycles. The summed E-state index contributed by atoms with van der Waals surface area (Å²) in [6, 6.07) is 0. The van der Waals surface area contributed by atoms with Crippen LogP contribution in [0.2, 0.25) is 0 Å². The van der Waals surface area contributed by atoms with Crippen molar-refractivity contribution in [3.63, 3.8) is 0 Å². The molecule has 0 aromatic heterocycles. The number of alkyl halides is 1. The van der Waals surface area contributed by atoms with E-state index in [0.717, 1.165) is 26.3 Å². The second kappa shape index (κ2) is 7.97. The van der Waals surface area contributed by atoms with Crippen LogP contribution in [0, 0.1) is 0 Å². The number of nitrogens with one attached hydrogen (secondary N) is 1. The fourth-order valence-electron chi connectivity index (χ4n) is 0.516.